The van der Waals surface area contributed by atoms with Crippen molar-refractivity contribution < 1.29 is 27.4 Å². The molecule has 2 N–H and O–H groups in total. The van der Waals surface area contributed by atoms with Gasteiger partial charge < -0.3 is 27.4 Å². The molecule has 1 heterocycles. The molecule has 0 radical (unpaired) electrons. The number of rotatable bonds is 9. The Balaban J connectivity index is 0.00000288. The topological polar surface area (TPSA) is 56.2 Å². The van der Waals surface area contributed by atoms with Crippen LogP contribution in [-0.2, 0) is 6.42 Å². The Morgan fingerprint density at radius 1 is 1.08 bits per heavy atom. The van der Waals surface area contributed by atoms with E-state index in [1.54, 1.807) is 0 Å². The molecule has 1 atom stereocenters. The lowest BCUT2D eigenvalue weighted by molar-refractivity contribution is -0.00000817. The lowest BCUT2D eigenvalue weighted by Crippen LogP contribution is -3.00. The zero-order valence-corrected chi connectivity index (χ0v) is 15.3. The second kappa shape index (κ2) is 11.7. The first-order valence-corrected chi connectivity index (χ1v) is 8.66. The standard InChI is InChI=1S/C18H30N2O3.ClH/c1-2-3-16-4-6-18(7-5-16)23-15-17(22)14-20-10-8-19(9-11-20)12-13-21;/h4-7,17,21-22H,2-3,8-15H2,1H3;1H/p-1. The van der Waals surface area contributed by atoms with Crippen molar-refractivity contribution in [3.63, 3.8) is 0 Å². The highest BCUT2D eigenvalue weighted by Crippen LogP contribution is 2.14. The molecule has 0 aliphatic carbocycles. The molecule has 5 nitrogen and oxygen atoms in total. The molecular formula is C18H30ClN2O3-. The third-order valence-electron chi connectivity index (χ3n) is 4.25. The average molecular weight is 358 g/mol. The van der Waals surface area contributed by atoms with E-state index in [1.807, 2.05) is 12.1 Å². The molecule has 0 amide bonds. The van der Waals surface area contributed by atoms with Gasteiger partial charge in [-0.05, 0) is 24.1 Å². The third kappa shape index (κ3) is 7.36. The number of β-amino-alcohol motifs (C(OH)–C–C–N with tert-alkyl or cyclic N) is 2. The molecule has 0 spiro atoms. The van der Waals surface area contributed by atoms with Crippen LogP contribution in [0.4, 0.5) is 0 Å². The third-order valence-corrected chi connectivity index (χ3v) is 4.25. The van der Waals surface area contributed by atoms with E-state index >= 15 is 0 Å². The molecule has 1 aliphatic heterocycles. The van der Waals surface area contributed by atoms with E-state index in [4.69, 9.17) is 9.84 Å². The molecule has 24 heavy (non-hydrogen) atoms. The predicted molar refractivity (Wildman–Crippen MR) is 91.9 cm³/mol. The number of aliphatic hydroxyl groups excluding tert-OH is 2. The first kappa shape index (κ1) is 21.2. The van der Waals surface area contributed by atoms with E-state index < -0.39 is 6.10 Å². The molecule has 1 aliphatic rings. The largest absolute Gasteiger partial charge is 1.00 e. The summed E-state index contributed by atoms with van der Waals surface area (Å²) in [4.78, 5) is 4.50. The molecule has 2 rings (SSSR count). The van der Waals surface area contributed by atoms with E-state index in [2.05, 4.69) is 28.9 Å². The summed E-state index contributed by atoms with van der Waals surface area (Å²) in [6.07, 6.45) is 1.75. The molecule has 1 fully saturated rings. The Bertz CT molecular complexity index is 436. The molecule has 6 heteroatoms. The van der Waals surface area contributed by atoms with Gasteiger partial charge in [-0.1, -0.05) is 25.5 Å². The fraction of sp³-hybridized carbons (Fsp3) is 0.667. The van der Waals surface area contributed by atoms with Gasteiger partial charge in [0.1, 0.15) is 18.5 Å². The van der Waals surface area contributed by atoms with Gasteiger partial charge in [0.15, 0.2) is 0 Å². The number of halogens is 1. The summed E-state index contributed by atoms with van der Waals surface area (Å²) in [5, 5.41) is 19.1. The number of aryl methyl sites for hydroxylation is 1. The minimum atomic E-state index is -0.477. The Hall–Kier alpha value is -0.850. The highest BCUT2D eigenvalue weighted by molar-refractivity contribution is 5.27. The Morgan fingerprint density at radius 2 is 1.71 bits per heavy atom. The fourth-order valence-corrected chi connectivity index (χ4v) is 2.92. The number of piperazine rings is 1. The molecule has 0 saturated carbocycles. The van der Waals surface area contributed by atoms with Crippen LogP contribution in [0.25, 0.3) is 0 Å². The Morgan fingerprint density at radius 3 is 2.29 bits per heavy atom. The van der Waals surface area contributed by atoms with E-state index in [0.717, 1.165) is 51.3 Å². The maximum atomic E-state index is 10.2. The second-order valence-electron chi connectivity index (χ2n) is 6.22. The molecule has 0 bridgehead atoms. The van der Waals surface area contributed by atoms with E-state index in [-0.39, 0.29) is 19.0 Å². The summed E-state index contributed by atoms with van der Waals surface area (Å²) in [6, 6.07) is 8.13. The lowest BCUT2D eigenvalue weighted by atomic mass is 10.1. The SMILES string of the molecule is CCCc1ccc(OCC(O)CN2CCN(CCO)CC2)cc1.[Cl-]. The summed E-state index contributed by atoms with van der Waals surface area (Å²) in [5.41, 5.74) is 1.32. The summed E-state index contributed by atoms with van der Waals surface area (Å²) >= 11 is 0. The van der Waals surface area contributed by atoms with Crippen molar-refractivity contribution in [1.82, 2.24) is 9.80 Å². The van der Waals surface area contributed by atoms with Crippen LogP contribution in [0, 0.1) is 0 Å². The van der Waals surface area contributed by atoms with Crippen LogP contribution < -0.4 is 17.1 Å². The van der Waals surface area contributed by atoms with Crippen molar-refractivity contribution in [2.45, 2.75) is 25.9 Å². The average Bonchev–Trinajstić information content (AvgIpc) is 2.57. The van der Waals surface area contributed by atoms with Gasteiger partial charge in [0.25, 0.3) is 0 Å². The van der Waals surface area contributed by atoms with Crippen LogP contribution in [0.5, 0.6) is 5.75 Å². The zero-order valence-electron chi connectivity index (χ0n) is 14.5. The van der Waals surface area contributed by atoms with Gasteiger partial charge in [-0.2, -0.15) is 0 Å². The first-order valence-electron chi connectivity index (χ1n) is 8.66. The van der Waals surface area contributed by atoms with Crippen molar-refractivity contribution in [3.8, 4) is 5.75 Å². The number of ether oxygens (including phenoxy) is 1. The Kier molecular flexibility index (Phi) is 10.3. The summed E-state index contributed by atoms with van der Waals surface area (Å²) in [5.74, 6) is 0.816. The van der Waals surface area contributed by atoms with Crippen LogP contribution in [-0.4, -0.2) is 78.6 Å². The smallest absolute Gasteiger partial charge is 0.119 e. The highest BCUT2D eigenvalue weighted by Gasteiger charge is 2.19. The molecule has 1 unspecified atom stereocenters. The van der Waals surface area contributed by atoms with Crippen molar-refractivity contribution in [1.29, 1.82) is 0 Å². The maximum Gasteiger partial charge on any atom is 0.119 e. The van der Waals surface area contributed by atoms with E-state index in [0.29, 0.717) is 13.2 Å². The minimum absolute atomic E-state index is 0. The number of hydrogen-bond acceptors (Lipinski definition) is 5. The van der Waals surface area contributed by atoms with E-state index in [9.17, 15) is 5.11 Å². The summed E-state index contributed by atoms with van der Waals surface area (Å²) in [7, 11) is 0. The van der Waals surface area contributed by atoms with Crippen molar-refractivity contribution >= 4 is 0 Å². The quantitative estimate of drug-likeness (QED) is 0.535. The van der Waals surface area contributed by atoms with Gasteiger partial charge >= 0.3 is 0 Å². The van der Waals surface area contributed by atoms with Crippen molar-refractivity contribution in [3.05, 3.63) is 29.8 Å². The Labute approximate surface area is 151 Å². The van der Waals surface area contributed by atoms with Gasteiger partial charge in [-0.3, -0.25) is 9.80 Å². The minimum Gasteiger partial charge on any atom is -1.00 e. The monoisotopic (exact) mass is 357 g/mol. The molecule has 1 aromatic rings. The van der Waals surface area contributed by atoms with Crippen LogP contribution in [0.2, 0.25) is 0 Å². The van der Waals surface area contributed by atoms with Gasteiger partial charge in [-0.15, -0.1) is 0 Å². The molecule has 1 saturated heterocycles. The fourth-order valence-electron chi connectivity index (χ4n) is 2.92. The molecular weight excluding hydrogens is 328 g/mol. The van der Waals surface area contributed by atoms with E-state index in [1.165, 1.54) is 5.56 Å². The van der Waals surface area contributed by atoms with Gasteiger partial charge in [0.05, 0.1) is 6.61 Å². The van der Waals surface area contributed by atoms with Crippen LogP contribution in [0.3, 0.4) is 0 Å². The van der Waals surface area contributed by atoms with Crippen LogP contribution in [0.1, 0.15) is 18.9 Å². The van der Waals surface area contributed by atoms with Crippen LogP contribution >= 0.6 is 0 Å². The highest BCUT2D eigenvalue weighted by atomic mass is 35.5. The second-order valence-corrected chi connectivity index (χ2v) is 6.22. The summed E-state index contributed by atoms with van der Waals surface area (Å²) in [6.45, 7) is 7.86. The number of hydrogen-bond donors (Lipinski definition) is 2. The van der Waals surface area contributed by atoms with Crippen LogP contribution in [0.15, 0.2) is 24.3 Å². The number of nitrogens with zero attached hydrogens (tertiary/aromatic N) is 2. The molecule has 1 aromatic carbocycles. The first-order chi connectivity index (χ1) is 11.2. The zero-order chi connectivity index (χ0) is 16.5. The lowest BCUT2D eigenvalue weighted by Gasteiger charge is -2.35. The van der Waals surface area contributed by atoms with Gasteiger partial charge in [-0.25, -0.2) is 0 Å². The number of aliphatic hydroxyl groups is 2. The molecule has 0 aromatic heterocycles. The van der Waals surface area contributed by atoms with Gasteiger partial charge in [0, 0.05) is 39.3 Å². The van der Waals surface area contributed by atoms with Crippen molar-refractivity contribution in [2.24, 2.45) is 0 Å². The maximum absolute atomic E-state index is 10.2. The summed E-state index contributed by atoms with van der Waals surface area (Å²) < 4.78 is 5.68. The van der Waals surface area contributed by atoms with Gasteiger partial charge in [0.2, 0.25) is 0 Å². The van der Waals surface area contributed by atoms with Crippen molar-refractivity contribution in [2.75, 3.05) is 52.5 Å². The molecule has 138 valence electrons. The predicted octanol–water partition coefficient (Wildman–Crippen LogP) is -2.01. The normalized spacial score (nSPS) is 17.3. The number of benzene rings is 1.